The molecule has 1 aliphatic heterocycles. The minimum atomic E-state index is 0.734. The number of thiophene rings is 1. The molecular weight excluding hydrogens is 460 g/mol. The van der Waals surface area contributed by atoms with Crippen LogP contribution < -0.4 is 4.90 Å². The summed E-state index contributed by atoms with van der Waals surface area (Å²) in [6.07, 6.45) is 3.62. The SMILES string of the molecule is Cc1nc(CN2CCN(c3nc(-c4cccnc4)nc4sc(-c5ccccc5)cc34)CC2)cs1. The van der Waals surface area contributed by atoms with Crippen molar-refractivity contribution in [2.24, 2.45) is 0 Å². The van der Waals surface area contributed by atoms with Crippen molar-refractivity contribution in [3.05, 3.63) is 77.0 Å². The van der Waals surface area contributed by atoms with E-state index in [1.807, 2.05) is 18.3 Å². The zero-order chi connectivity index (χ0) is 22.9. The number of piperazine rings is 1. The highest BCUT2D eigenvalue weighted by Gasteiger charge is 2.23. The zero-order valence-electron chi connectivity index (χ0n) is 18.9. The number of aromatic nitrogens is 4. The molecule has 5 aromatic rings. The van der Waals surface area contributed by atoms with Crippen LogP contribution in [0.2, 0.25) is 0 Å². The molecule has 6 nitrogen and oxygen atoms in total. The average molecular weight is 485 g/mol. The first-order valence-corrected chi connectivity index (χ1v) is 13.1. The lowest BCUT2D eigenvalue weighted by Crippen LogP contribution is -2.46. The monoisotopic (exact) mass is 484 g/mol. The lowest BCUT2D eigenvalue weighted by atomic mass is 10.1. The Morgan fingerprint density at radius 1 is 0.912 bits per heavy atom. The molecule has 4 aromatic heterocycles. The fourth-order valence-corrected chi connectivity index (χ4v) is 5.98. The van der Waals surface area contributed by atoms with Crippen molar-refractivity contribution in [2.45, 2.75) is 13.5 Å². The zero-order valence-corrected chi connectivity index (χ0v) is 20.5. The lowest BCUT2D eigenvalue weighted by Gasteiger charge is -2.35. The van der Waals surface area contributed by atoms with Crippen LogP contribution in [0.3, 0.4) is 0 Å². The molecule has 0 spiro atoms. The van der Waals surface area contributed by atoms with Crippen LogP contribution in [0.5, 0.6) is 0 Å². The summed E-state index contributed by atoms with van der Waals surface area (Å²) < 4.78 is 0. The van der Waals surface area contributed by atoms with E-state index in [1.54, 1.807) is 28.9 Å². The van der Waals surface area contributed by atoms with E-state index in [2.05, 4.69) is 68.5 Å². The molecular formula is C26H24N6S2. The van der Waals surface area contributed by atoms with Gasteiger partial charge < -0.3 is 4.90 Å². The predicted molar refractivity (Wildman–Crippen MR) is 140 cm³/mol. The summed E-state index contributed by atoms with van der Waals surface area (Å²) in [5.41, 5.74) is 3.32. The van der Waals surface area contributed by atoms with Gasteiger partial charge in [0.2, 0.25) is 0 Å². The third kappa shape index (κ3) is 4.32. The normalized spacial score (nSPS) is 14.7. The van der Waals surface area contributed by atoms with E-state index in [0.717, 1.165) is 65.2 Å². The second-order valence-corrected chi connectivity index (χ2v) is 10.5. The Morgan fingerprint density at radius 3 is 2.47 bits per heavy atom. The van der Waals surface area contributed by atoms with Gasteiger partial charge in [-0.15, -0.1) is 22.7 Å². The summed E-state index contributed by atoms with van der Waals surface area (Å²) in [5.74, 6) is 1.75. The molecule has 34 heavy (non-hydrogen) atoms. The Kier molecular flexibility index (Phi) is 5.78. The van der Waals surface area contributed by atoms with Gasteiger partial charge in [0.1, 0.15) is 10.6 Å². The molecule has 1 fully saturated rings. The molecule has 0 aliphatic carbocycles. The third-order valence-electron chi connectivity index (χ3n) is 6.07. The van der Waals surface area contributed by atoms with Gasteiger partial charge in [0.15, 0.2) is 5.82 Å². The van der Waals surface area contributed by atoms with Gasteiger partial charge >= 0.3 is 0 Å². The first-order chi connectivity index (χ1) is 16.7. The van der Waals surface area contributed by atoms with E-state index in [9.17, 15) is 0 Å². The Hall–Kier alpha value is -3.20. The third-order valence-corrected chi connectivity index (χ3v) is 7.98. The summed E-state index contributed by atoms with van der Waals surface area (Å²) >= 11 is 3.45. The van der Waals surface area contributed by atoms with E-state index in [1.165, 1.54) is 16.1 Å². The summed E-state index contributed by atoms with van der Waals surface area (Å²) in [5, 5.41) is 4.43. The lowest BCUT2D eigenvalue weighted by molar-refractivity contribution is 0.247. The van der Waals surface area contributed by atoms with Gasteiger partial charge in [0.05, 0.1) is 16.1 Å². The first-order valence-electron chi connectivity index (χ1n) is 11.4. The minimum absolute atomic E-state index is 0.734. The Labute approximate surface area is 206 Å². The van der Waals surface area contributed by atoms with Crippen LogP contribution >= 0.6 is 22.7 Å². The highest BCUT2D eigenvalue weighted by molar-refractivity contribution is 7.22. The molecule has 0 unspecified atom stereocenters. The van der Waals surface area contributed by atoms with Crippen molar-refractivity contribution in [3.8, 4) is 21.8 Å². The molecule has 0 bridgehead atoms. The van der Waals surface area contributed by atoms with Crippen molar-refractivity contribution in [2.75, 3.05) is 31.1 Å². The Bertz CT molecular complexity index is 1410. The molecule has 170 valence electrons. The minimum Gasteiger partial charge on any atom is -0.353 e. The fraction of sp³-hybridized carbons (Fsp3) is 0.231. The summed E-state index contributed by atoms with van der Waals surface area (Å²) in [6, 6.07) is 16.7. The van der Waals surface area contributed by atoms with E-state index in [-0.39, 0.29) is 0 Å². The Balaban J connectivity index is 1.34. The van der Waals surface area contributed by atoms with Gasteiger partial charge in [-0.25, -0.2) is 15.0 Å². The maximum atomic E-state index is 5.07. The van der Waals surface area contributed by atoms with Crippen molar-refractivity contribution < 1.29 is 0 Å². The molecule has 1 aromatic carbocycles. The number of nitrogens with zero attached hydrogens (tertiary/aromatic N) is 6. The van der Waals surface area contributed by atoms with Crippen LogP contribution in [0.15, 0.2) is 66.3 Å². The van der Waals surface area contributed by atoms with Crippen LogP contribution in [0.1, 0.15) is 10.7 Å². The number of anilines is 1. The van der Waals surface area contributed by atoms with Crippen LogP contribution in [-0.4, -0.2) is 51.0 Å². The number of aryl methyl sites for hydroxylation is 1. The molecule has 5 heterocycles. The summed E-state index contributed by atoms with van der Waals surface area (Å²) in [6.45, 7) is 6.81. The number of rotatable bonds is 5. The van der Waals surface area contributed by atoms with Gasteiger partial charge in [0.25, 0.3) is 0 Å². The van der Waals surface area contributed by atoms with Gasteiger partial charge in [-0.05, 0) is 30.7 Å². The average Bonchev–Trinajstić information content (AvgIpc) is 3.51. The van der Waals surface area contributed by atoms with Gasteiger partial charge in [-0.2, -0.15) is 0 Å². The second-order valence-electron chi connectivity index (χ2n) is 8.43. The van der Waals surface area contributed by atoms with Crippen molar-refractivity contribution in [1.29, 1.82) is 0 Å². The topological polar surface area (TPSA) is 58.0 Å². The van der Waals surface area contributed by atoms with Crippen LogP contribution in [0.25, 0.3) is 32.0 Å². The quantitative estimate of drug-likeness (QED) is 0.328. The van der Waals surface area contributed by atoms with E-state index < -0.39 is 0 Å². The van der Waals surface area contributed by atoms with Crippen LogP contribution in [0, 0.1) is 6.92 Å². The summed E-state index contributed by atoms with van der Waals surface area (Å²) in [4.78, 5) is 26.1. The number of hydrogen-bond donors (Lipinski definition) is 0. The smallest absolute Gasteiger partial charge is 0.164 e. The molecule has 1 aliphatic rings. The molecule has 6 rings (SSSR count). The standard InChI is InChI=1S/C26H24N6S2/c1-18-28-21(17-33-18)16-31-10-12-32(13-11-31)25-22-14-23(19-6-3-2-4-7-19)34-26(22)30-24(29-25)20-8-5-9-27-15-20/h2-9,14-15,17H,10-13,16H2,1H3. The van der Waals surface area contributed by atoms with Crippen molar-refractivity contribution in [1.82, 2.24) is 24.8 Å². The van der Waals surface area contributed by atoms with E-state index in [0.29, 0.717) is 0 Å². The van der Waals surface area contributed by atoms with Crippen molar-refractivity contribution in [3.63, 3.8) is 0 Å². The molecule has 0 atom stereocenters. The molecule has 1 saturated heterocycles. The van der Waals surface area contributed by atoms with Crippen LogP contribution in [0.4, 0.5) is 5.82 Å². The highest BCUT2D eigenvalue weighted by Crippen LogP contribution is 2.38. The Morgan fingerprint density at radius 2 is 1.74 bits per heavy atom. The number of benzene rings is 1. The fourth-order valence-electron chi connectivity index (χ4n) is 4.34. The molecule has 0 saturated carbocycles. The van der Waals surface area contributed by atoms with E-state index >= 15 is 0 Å². The molecule has 0 radical (unpaired) electrons. The maximum absolute atomic E-state index is 5.07. The predicted octanol–water partition coefficient (Wildman–Crippen LogP) is 5.51. The molecule has 0 amide bonds. The molecule has 0 N–H and O–H groups in total. The van der Waals surface area contributed by atoms with Crippen molar-refractivity contribution >= 4 is 38.7 Å². The second kappa shape index (κ2) is 9.21. The maximum Gasteiger partial charge on any atom is 0.164 e. The van der Waals surface area contributed by atoms with Gasteiger partial charge in [-0.3, -0.25) is 9.88 Å². The number of hydrogen-bond acceptors (Lipinski definition) is 8. The van der Waals surface area contributed by atoms with Gasteiger partial charge in [-0.1, -0.05) is 30.3 Å². The van der Waals surface area contributed by atoms with E-state index in [4.69, 9.17) is 9.97 Å². The largest absolute Gasteiger partial charge is 0.353 e. The molecule has 8 heteroatoms. The highest BCUT2D eigenvalue weighted by atomic mass is 32.1. The number of pyridine rings is 1. The van der Waals surface area contributed by atoms with Crippen LogP contribution in [-0.2, 0) is 6.54 Å². The summed E-state index contributed by atoms with van der Waals surface area (Å²) in [7, 11) is 0. The number of fused-ring (bicyclic) bond motifs is 1. The number of thiazole rings is 1. The van der Waals surface area contributed by atoms with Gasteiger partial charge in [0, 0.05) is 60.9 Å². The first kappa shape index (κ1) is 21.3.